The lowest BCUT2D eigenvalue weighted by Crippen LogP contribution is -2.50. The van der Waals surface area contributed by atoms with Crippen molar-refractivity contribution in [3.8, 4) is 5.75 Å². The summed E-state index contributed by atoms with van der Waals surface area (Å²) >= 11 is 0. The van der Waals surface area contributed by atoms with Crippen LogP contribution in [0.1, 0.15) is 49.7 Å². The summed E-state index contributed by atoms with van der Waals surface area (Å²) in [6, 6.07) is 5.60. The molecule has 0 radical (unpaired) electrons. The molecule has 2 saturated carbocycles. The molecule has 0 spiro atoms. The topological polar surface area (TPSA) is 60.7 Å². The van der Waals surface area contributed by atoms with Gasteiger partial charge in [-0.1, -0.05) is 13.0 Å². The first-order chi connectivity index (χ1) is 10.0. The van der Waals surface area contributed by atoms with Gasteiger partial charge in [-0.05, 0) is 72.6 Å². The summed E-state index contributed by atoms with van der Waals surface area (Å²) in [6.07, 6.45) is 4.04. The number of hydrogen-bond donors (Lipinski definition) is 3. The van der Waals surface area contributed by atoms with Gasteiger partial charge in [0, 0.05) is 5.92 Å². The number of aliphatic hydroxyl groups excluding tert-OH is 2. The molecule has 114 valence electrons. The van der Waals surface area contributed by atoms with Crippen molar-refractivity contribution in [2.75, 3.05) is 0 Å². The Balaban J connectivity index is 1.76. The normalized spacial score (nSPS) is 44.8. The second kappa shape index (κ2) is 4.47. The molecular formula is C18H24O3. The molecular weight excluding hydrogens is 264 g/mol. The van der Waals surface area contributed by atoms with Crippen LogP contribution in [-0.4, -0.2) is 27.5 Å². The monoisotopic (exact) mass is 288 g/mol. The number of aliphatic hydroxyl groups is 2. The van der Waals surface area contributed by atoms with E-state index in [1.165, 1.54) is 11.1 Å². The van der Waals surface area contributed by atoms with E-state index in [1.54, 1.807) is 6.07 Å². The summed E-state index contributed by atoms with van der Waals surface area (Å²) in [7, 11) is 0. The predicted molar refractivity (Wildman–Crippen MR) is 80.1 cm³/mol. The Bertz CT molecular complexity index is 570. The molecule has 3 N–H and O–H groups in total. The number of benzene rings is 1. The first-order valence-corrected chi connectivity index (χ1v) is 8.18. The third kappa shape index (κ3) is 1.80. The number of aromatic hydroxyl groups is 1. The number of phenolic OH excluding ortho intramolecular Hbond substituents is 1. The fourth-order valence-electron chi connectivity index (χ4n) is 5.62. The smallest absolute Gasteiger partial charge is 0.115 e. The highest BCUT2D eigenvalue weighted by Gasteiger charge is 2.57. The highest BCUT2D eigenvalue weighted by Crippen LogP contribution is 2.60. The summed E-state index contributed by atoms with van der Waals surface area (Å²) in [5.74, 6) is 1.48. The summed E-state index contributed by atoms with van der Waals surface area (Å²) in [5, 5.41) is 30.8. The predicted octanol–water partition coefficient (Wildman–Crippen LogP) is 2.58. The van der Waals surface area contributed by atoms with Gasteiger partial charge in [-0.15, -0.1) is 0 Å². The maximum absolute atomic E-state index is 10.8. The van der Waals surface area contributed by atoms with E-state index in [2.05, 4.69) is 6.92 Å². The molecule has 0 unspecified atom stereocenters. The van der Waals surface area contributed by atoms with Crippen molar-refractivity contribution in [2.24, 2.45) is 17.3 Å². The van der Waals surface area contributed by atoms with Crippen LogP contribution in [0.15, 0.2) is 18.2 Å². The molecule has 0 heterocycles. The zero-order valence-electron chi connectivity index (χ0n) is 12.5. The van der Waals surface area contributed by atoms with E-state index in [-0.39, 0.29) is 23.5 Å². The molecule has 0 aromatic heterocycles. The summed E-state index contributed by atoms with van der Waals surface area (Å²) in [6.45, 7) is 2.17. The van der Waals surface area contributed by atoms with Crippen molar-refractivity contribution >= 4 is 0 Å². The minimum absolute atomic E-state index is 0.116. The van der Waals surface area contributed by atoms with E-state index in [0.29, 0.717) is 24.0 Å². The van der Waals surface area contributed by atoms with Crippen LogP contribution in [0, 0.1) is 17.3 Å². The highest BCUT2D eigenvalue weighted by molar-refractivity contribution is 5.40. The van der Waals surface area contributed by atoms with Crippen LogP contribution in [0.5, 0.6) is 5.75 Å². The Morgan fingerprint density at radius 1 is 1.14 bits per heavy atom. The van der Waals surface area contributed by atoms with Crippen LogP contribution >= 0.6 is 0 Å². The largest absolute Gasteiger partial charge is 0.508 e. The van der Waals surface area contributed by atoms with E-state index in [4.69, 9.17) is 0 Å². The van der Waals surface area contributed by atoms with Gasteiger partial charge >= 0.3 is 0 Å². The van der Waals surface area contributed by atoms with E-state index in [9.17, 15) is 15.3 Å². The average molecular weight is 288 g/mol. The van der Waals surface area contributed by atoms with Crippen LogP contribution in [0.3, 0.4) is 0 Å². The molecule has 0 saturated heterocycles. The van der Waals surface area contributed by atoms with Gasteiger partial charge in [-0.3, -0.25) is 0 Å². The number of phenols is 1. The molecule has 2 fully saturated rings. The first-order valence-electron chi connectivity index (χ1n) is 8.18. The zero-order chi connectivity index (χ0) is 14.8. The molecule has 1 aromatic carbocycles. The van der Waals surface area contributed by atoms with Crippen LogP contribution in [0.4, 0.5) is 0 Å². The quantitative estimate of drug-likeness (QED) is 0.687. The minimum atomic E-state index is -0.382. The van der Waals surface area contributed by atoms with Gasteiger partial charge < -0.3 is 15.3 Å². The zero-order valence-corrected chi connectivity index (χ0v) is 12.5. The van der Waals surface area contributed by atoms with Crippen LogP contribution in [0.25, 0.3) is 0 Å². The number of hydrogen-bond acceptors (Lipinski definition) is 3. The lowest BCUT2D eigenvalue weighted by Gasteiger charge is -2.52. The molecule has 0 bridgehead atoms. The SMILES string of the molecule is C[C@]12C[C@@H](O)[C@@H]3c4ccc(O)cc4CC[C@@H]3[C@@H]1CC[C@@H]2O. The summed E-state index contributed by atoms with van der Waals surface area (Å²) in [5.41, 5.74) is 2.30. The van der Waals surface area contributed by atoms with Crippen LogP contribution < -0.4 is 0 Å². The van der Waals surface area contributed by atoms with E-state index in [0.717, 1.165) is 25.7 Å². The maximum atomic E-state index is 10.8. The van der Waals surface area contributed by atoms with Crippen LogP contribution in [0.2, 0.25) is 0 Å². The Morgan fingerprint density at radius 2 is 1.95 bits per heavy atom. The average Bonchev–Trinajstić information content (AvgIpc) is 2.74. The van der Waals surface area contributed by atoms with Crippen molar-refractivity contribution in [3.63, 3.8) is 0 Å². The lowest BCUT2D eigenvalue weighted by molar-refractivity contribution is -0.0798. The molecule has 3 heteroatoms. The summed E-state index contributed by atoms with van der Waals surface area (Å²) < 4.78 is 0. The Hall–Kier alpha value is -1.06. The van der Waals surface area contributed by atoms with Crippen molar-refractivity contribution < 1.29 is 15.3 Å². The van der Waals surface area contributed by atoms with Gasteiger partial charge in [0.05, 0.1) is 12.2 Å². The first kappa shape index (κ1) is 13.6. The van der Waals surface area contributed by atoms with Crippen molar-refractivity contribution in [2.45, 2.75) is 57.2 Å². The van der Waals surface area contributed by atoms with Gasteiger partial charge in [0.15, 0.2) is 0 Å². The van der Waals surface area contributed by atoms with Gasteiger partial charge in [0.25, 0.3) is 0 Å². The standard InChI is InChI=1S/C18H24O3/c1-18-9-15(20)17-12-5-3-11(19)8-10(12)2-4-13(17)14(18)6-7-16(18)21/h3,5,8,13-17,19-21H,2,4,6-7,9H2,1H3/t13-,14+,15-,16+,17-,18+/m1/s1. The van der Waals surface area contributed by atoms with Crippen molar-refractivity contribution in [3.05, 3.63) is 29.3 Å². The molecule has 4 rings (SSSR count). The third-order valence-corrected chi connectivity index (χ3v) is 6.63. The van der Waals surface area contributed by atoms with Crippen molar-refractivity contribution in [1.29, 1.82) is 0 Å². The Labute approximate surface area is 125 Å². The molecule has 3 aliphatic carbocycles. The fourth-order valence-corrected chi connectivity index (χ4v) is 5.62. The van der Waals surface area contributed by atoms with E-state index >= 15 is 0 Å². The summed E-state index contributed by atoms with van der Waals surface area (Å²) in [4.78, 5) is 0. The second-order valence-corrected chi connectivity index (χ2v) is 7.59. The number of aryl methyl sites for hydroxylation is 1. The number of fused-ring (bicyclic) bond motifs is 5. The van der Waals surface area contributed by atoms with Crippen LogP contribution in [-0.2, 0) is 6.42 Å². The van der Waals surface area contributed by atoms with E-state index < -0.39 is 0 Å². The molecule has 21 heavy (non-hydrogen) atoms. The molecule has 3 nitrogen and oxygen atoms in total. The fraction of sp³-hybridized carbons (Fsp3) is 0.667. The lowest BCUT2D eigenvalue weighted by atomic mass is 9.54. The minimum Gasteiger partial charge on any atom is -0.508 e. The van der Waals surface area contributed by atoms with E-state index in [1.807, 2.05) is 12.1 Å². The van der Waals surface area contributed by atoms with Gasteiger partial charge in [0.2, 0.25) is 0 Å². The highest BCUT2D eigenvalue weighted by atomic mass is 16.3. The number of rotatable bonds is 0. The molecule has 6 atom stereocenters. The molecule has 0 amide bonds. The van der Waals surface area contributed by atoms with Crippen molar-refractivity contribution in [1.82, 2.24) is 0 Å². The van der Waals surface area contributed by atoms with Gasteiger partial charge in [-0.2, -0.15) is 0 Å². The second-order valence-electron chi connectivity index (χ2n) is 7.59. The Kier molecular flexibility index (Phi) is 2.89. The Morgan fingerprint density at radius 3 is 2.76 bits per heavy atom. The van der Waals surface area contributed by atoms with Gasteiger partial charge in [-0.25, -0.2) is 0 Å². The maximum Gasteiger partial charge on any atom is 0.115 e. The third-order valence-electron chi connectivity index (χ3n) is 6.63. The molecule has 0 aliphatic heterocycles. The van der Waals surface area contributed by atoms with Gasteiger partial charge in [0.1, 0.15) is 5.75 Å². The molecule has 3 aliphatic rings. The molecule has 1 aromatic rings.